The number of esters is 1. The van der Waals surface area contributed by atoms with Crippen LogP contribution < -0.4 is 4.90 Å². The van der Waals surface area contributed by atoms with Gasteiger partial charge in [-0.25, -0.2) is 0 Å². The largest absolute Gasteiger partial charge is 0.462 e. The van der Waals surface area contributed by atoms with Crippen molar-refractivity contribution >= 4 is 23.3 Å². The average molecular weight is 377 g/mol. The molecule has 0 amide bonds. The lowest BCUT2D eigenvalue weighted by Crippen LogP contribution is -2.47. The molecule has 142 valence electrons. The lowest BCUT2D eigenvalue weighted by atomic mass is 9.72. The van der Waals surface area contributed by atoms with Gasteiger partial charge in [-0.15, -0.1) is 0 Å². The number of ether oxygens (including phenoxy) is 1. The van der Waals surface area contributed by atoms with E-state index in [0.29, 0.717) is 0 Å². The van der Waals surface area contributed by atoms with Gasteiger partial charge in [0.15, 0.2) is 0 Å². The van der Waals surface area contributed by atoms with Gasteiger partial charge in [0.1, 0.15) is 6.10 Å². The third-order valence-corrected chi connectivity index (χ3v) is 6.79. The first-order chi connectivity index (χ1) is 12.7. The highest BCUT2D eigenvalue weighted by Crippen LogP contribution is 2.46. The third-order valence-electron chi connectivity index (χ3n) is 6.47. The molecule has 1 aliphatic carbocycles. The molecule has 1 spiro atoms. The second-order valence-electron chi connectivity index (χ2n) is 8.14. The molecular formula is C21H29ClN2O2. The molecule has 0 aromatic heterocycles. The number of hydrogen-bond acceptors (Lipinski definition) is 4. The minimum atomic E-state index is -0.133. The summed E-state index contributed by atoms with van der Waals surface area (Å²) in [6.07, 6.45) is 7.78. The van der Waals surface area contributed by atoms with Crippen molar-refractivity contribution in [2.75, 3.05) is 37.6 Å². The number of halogens is 1. The standard InChI is InChI=1S/C21H29ClN2O2/c22-18-6-2-3-7-19(18)24-14-12-23(13-15-24)11-8-17-16-21(20(25)26-17)9-4-1-5-10-21/h2-3,6-7,17H,1,4-5,8-16H2/t17-/m0/s1. The summed E-state index contributed by atoms with van der Waals surface area (Å²) in [5.41, 5.74) is 1.00. The second kappa shape index (κ2) is 7.77. The molecule has 0 N–H and O–H groups in total. The van der Waals surface area contributed by atoms with E-state index in [9.17, 15) is 4.79 Å². The minimum absolute atomic E-state index is 0.0886. The number of piperazine rings is 1. The topological polar surface area (TPSA) is 32.8 Å². The lowest BCUT2D eigenvalue weighted by Gasteiger charge is -2.36. The molecule has 0 bridgehead atoms. The summed E-state index contributed by atoms with van der Waals surface area (Å²) in [7, 11) is 0. The van der Waals surface area contributed by atoms with E-state index in [1.807, 2.05) is 18.2 Å². The zero-order valence-corrected chi connectivity index (χ0v) is 16.2. The van der Waals surface area contributed by atoms with Crippen molar-refractivity contribution in [3.05, 3.63) is 29.3 Å². The Hall–Kier alpha value is -1.26. The quantitative estimate of drug-likeness (QED) is 0.740. The van der Waals surface area contributed by atoms with Crippen LogP contribution in [0.15, 0.2) is 24.3 Å². The van der Waals surface area contributed by atoms with E-state index in [1.54, 1.807) is 0 Å². The lowest BCUT2D eigenvalue weighted by molar-refractivity contribution is -0.150. The van der Waals surface area contributed by atoms with Crippen molar-refractivity contribution < 1.29 is 9.53 Å². The molecule has 2 heterocycles. The van der Waals surface area contributed by atoms with Crippen molar-refractivity contribution in [1.82, 2.24) is 4.90 Å². The summed E-state index contributed by atoms with van der Waals surface area (Å²) in [5, 5.41) is 0.830. The van der Waals surface area contributed by atoms with Crippen molar-refractivity contribution in [2.45, 2.75) is 51.0 Å². The number of anilines is 1. The summed E-state index contributed by atoms with van der Waals surface area (Å²) in [6.45, 7) is 5.09. The maximum atomic E-state index is 12.4. The Morgan fingerprint density at radius 1 is 1.08 bits per heavy atom. The number of benzene rings is 1. The molecule has 1 aromatic carbocycles. The fourth-order valence-electron chi connectivity index (χ4n) is 4.88. The fraction of sp³-hybridized carbons (Fsp3) is 0.667. The number of cyclic esters (lactones) is 1. The van der Waals surface area contributed by atoms with Crippen LogP contribution >= 0.6 is 11.6 Å². The normalized spacial score (nSPS) is 26.3. The van der Waals surface area contributed by atoms with Crippen molar-refractivity contribution in [3.63, 3.8) is 0 Å². The first-order valence-corrected chi connectivity index (χ1v) is 10.5. The minimum Gasteiger partial charge on any atom is -0.462 e. The van der Waals surface area contributed by atoms with Crippen LogP contribution in [0.5, 0.6) is 0 Å². The van der Waals surface area contributed by atoms with E-state index < -0.39 is 0 Å². The van der Waals surface area contributed by atoms with Crippen LogP contribution in [0.4, 0.5) is 5.69 Å². The van der Waals surface area contributed by atoms with Crippen molar-refractivity contribution in [2.24, 2.45) is 5.41 Å². The van der Waals surface area contributed by atoms with Gasteiger partial charge in [0.2, 0.25) is 0 Å². The zero-order valence-electron chi connectivity index (χ0n) is 15.5. The molecule has 3 aliphatic rings. The SMILES string of the molecule is O=C1O[C@@H](CCN2CCN(c3ccccc3Cl)CC2)CC12CCCCC2. The zero-order chi connectivity index (χ0) is 18.0. The molecule has 1 atom stereocenters. The van der Waals surface area contributed by atoms with Gasteiger partial charge in [0.25, 0.3) is 0 Å². The Balaban J connectivity index is 1.24. The van der Waals surface area contributed by atoms with Crippen molar-refractivity contribution in [3.8, 4) is 0 Å². The van der Waals surface area contributed by atoms with E-state index >= 15 is 0 Å². The van der Waals surface area contributed by atoms with Crippen LogP contribution in [0.25, 0.3) is 0 Å². The second-order valence-corrected chi connectivity index (χ2v) is 8.55. The maximum absolute atomic E-state index is 12.4. The molecule has 0 unspecified atom stereocenters. The van der Waals surface area contributed by atoms with Gasteiger partial charge < -0.3 is 9.64 Å². The van der Waals surface area contributed by atoms with Crippen LogP contribution in [0.2, 0.25) is 5.02 Å². The Morgan fingerprint density at radius 2 is 1.81 bits per heavy atom. The van der Waals surface area contributed by atoms with Crippen molar-refractivity contribution in [1.29, 1.82) is 0 Å². The molecule has 4 nitrogen and oxygen atoms in total. The summed E-state index contributed by atoms with van der Waals surface area (Å²) in [4.78, 5) is 17.2. The van der Waals surface area contributed by atoms with Gasteiger partial charge in [-0.05, 0) is 31.4 Å². The molecule has 5 heteroatoms. The first kappa shape index (κ1) is 18.1. The molecule has 1 saturated carbocycles. The molecule has 2 saturated heterocycles. The Bertz CT molecular complexity index is 637. The number of carbonyl (C=O) groups is 1. The van der Waals surface area contributed by atoms with Crippen LogP contribution in [-0.2, 0) is 9.53 Å². The molecule has 4 rings (SSSR count). The Kier molecular flexibility index (Phi) is 5.42. The van der Waals surface area contributed by atoms with E-state index in [1.165, 1.54) is 19.3 Å². The summed E-state index contributed by atoms with van der Waals surface area (Å²) >= 11 is 6.32. The molecule has 26 heavy (non-hydrogen) atoms. The van der Waals surface area contributed by atoms with Crippen LogP contribution in [-0.4, -0.2) is 49.7 Å². The number of para-hydroxylation sites is 1. The van der Waals surface area contributed by atoms with Gasteiger partial charge in [0.05, 0.1) is 16.1 Å². The number of rotatable bonds is 4. The number of hydrogen-bond donors (Lipinski definition) is 0. The predicted molar refractivity (Wildman–Crippen MR) is 105 cm³/mol. The van der Waals surface area contributed by atoms with Gasteiger partial charge in [-0.1, -0.05) is 43.0 Å². The van der Waals surface area contributed by atoms with Crippen LogP contribution in [0.1, 0.15) is 44.9 Å². The highest BCUT2D eigenvalue weighted by Gasteiger charge is 2.48. The smallest absolute Gasteiger partial charge is 0.312 e. The molecule has 3 fully saturated rings. The maximum Gasteiger partial charge on any atom is 0.312 e. The molecule has 1 aromatic rings. The third kappa shape index (κ3) is 3.72. The predicted octanol–water partition coefficient (Wildman–Crippen LogP) is 4.12. The molecule has 2 aliphatic heterocycles. The van der Waals surface area contributed by atoms with E-state index in [0.717, 1.165) is 69.1 Å². The van der Waals surface area contributed by atoms with Crippen LogP contribution in [0.3, 0.4) is 0 Å². The number of nitrogens with zero attached hydrogens (tertiary/aromatic N) is 2. The summed E-state index contributed by atoms with van der Waals surface area (Å²) < 4.78 is 5.76. The molecular weight excluding hydrogens is 348 g/mol. The first-order valence-electron chi connectivity index (χ1n) is 10.1. The Morgan fingerprint density at radius 3 is 2.54 bits per heavy atom. The van der Waals surface area contributed by atoms with Gasteiger partial charge in [-0.2, -0.15) is 0 Å². The van der Waals surface area contributed by atoms with E-state index in [4.69, 9.17) is 16.3 Å². The molecule has 0 radical (unpaired) electrons. The van der Waals surface area contributed by atoms with E-state index in [2.05, 4.69) is 15.9 Å². The highest BCUT2D eigenvalue weighted by atomic mass is 35.5. The summed E-state index contributed by atoms with van der Waals surface area (Å²) in [6, 6.07) is 8.07. The Labute approximate surface area is 161 Å². The van der Waals surface area contributed by atoms with Crippen LogP contribution in [0, 0.1) is 5.41 Å². The number of carbonyl (C=O) groups excluding carboxylic acids is 1. The fourth-order valence-corrected chi connectivity index (χ4v) is 5.14. The monoisotopic (exact) mass is 376 g/mol. The van der Waals surface area contributed by atoms with Gasteiger partial charge in [0, 0.05) is 39.1 Å². The summed E-state index contributed by atoms with van der Waals surface area (Å²) in [5.74, 6) is 0.0886. The highest BCUT2D eigenvalue weighted by molar-refractivity contribution is 6.33. The van der Waals surface area contributed by atoms with E-state index in [-0.39, 0.29) is 17.5 Å². The average Bonchev–Trinajstić information content (AvgIpc) is 2.96. The van der Waals surface area contributed by atoms with Gasteiger partial charge in [-0.3, -0.25) is 9.69 Å². The van der Waals surface area contributed by atoms with Gasteiger partial charge >= 0.3 is 5.97 Å².